The lowest BCUT2D eigenvalue weighted by Gasteiger charge is -2.23. The Labute approximate surface area is 278 Å². The minimum atomic E-state index is -4.58. The van der Waals surface area contributed by atoms with Gasteiger partial charge in [0.05, 0.1) is 6.42 Å². The first kappa shape index (κ1) is 37.6. The molecule has 15 nitrogen and oxygen atoms in total. The van der Waals surface area contributed by atoms with E-state index in [4.69, 9.17) is 31.4 Å². The Kier molecular flexibility index (Phi) is 13.8. The molecule has 2 aromatic carbocycles. The zero-order valence-corrected chi connectivity index (χ0v) is 26.2. The topological polar surface area (TPSA) is 251 Å². The van der Waals surface area contributed by atoms with Crippen LogP contribution >= 0.6 is 0 Å². The van der Waals surface area contributed by atoms with Gasteiger partial charge in [0.15, 0.2) is 11.9 Å². The van der Waals surface area contributed by atoms with Crippen LogP contribution in [-0.2, 0) is 27.4 Å². The van der Waals surface area contributed by atoms with Gasteiger partial charge in [-0.2, -0.15) is 13.2 Å². The zero-order chi connectivity index (χ0) is 36.0. The Balaban J connectivity index is 1.78. The number of fused-ring (bicyclic) bond motifs is 1. The van der Waals surface area contributed by atoms with Crippen LogP contribution in [0.3, 0.4) is 0 Å². The van der Waals surface area contributed by atoms with Crippen LogP contribution in [0, 0.1) is 10.8 Å². The number of anilines is 1. The van der Waals surface area contributed by atoms with E-state index in [1.165, 1.54) is 18.2 Å². The number of hydrogen-bond donors (Lipinski definition) is 9. The summed E-state index contributed by atoms with van der Waals surface area (Å²) in [6, 6.07) is 11.0. The van der Waals surface area contributed by atoms with Gasteiger partial charge in [0.25, 0.3) is 0 Å². The van der Waals surface area contributed by atoms with E-state index in [9.17, 15) is 32.3 Å². The number of carbonyl (C=O) groups is 3. The first-order chi connectivity index (χ1) is 23.2. The third-order valence-electron chi connectivity index (χ3n) is 6.91. The number of ether oxygens (including phenoxy) is 1. The second kappa shape index (κ2) is 17.9. The van der Waals surface area contributed by atoms with Gasteiger partial charge in [-0.3, -0.25) is 20.4 Å². The molecule has 0 aliphatic heterocycles. The van der Waals surface area contributed by atoms with E-state index >= 15 is 0 Å². The maximum absolute atomic E-state index is 13.5. The molecule has 0 fully saturated rings. The maximum atomic E-state index is 13.5. The number of nitrogens with two attached hydrogens (primary N) is 2. The number of halogens is 3. The summed E-state index contributed by atoms with van der Waals surface area (Å²) in [4.78, 5) is 51.6. The van der Waals surface area contributed by atoms with Gasteiger partial charge in [-0.1, -0.05) is 30.3 Å². The average Bonchev–Trinajstić information content (AvgIpc) is 3.02. The largest absolute Gasteiger partial charge is 0.445 e. The SMILES string of the molecule is N=C(N)NCCC[C@H](NC(=O)OCc1ccccc1)C(=O)N[C@@H](CCCNC(=N)N)C(=O)Nc1ccc2c(CC(F)(F)F)cc(=O)oc2c1. The molecule has 0 unspecified atom stereocenters. The molecule has 0 saturated carbocycles. The normalized spacial score (nSPS) is 12.3. The molecule has 2 atom stereocenters. The van der Waals surface area contributed by atoms with Crippen LogP contribution in [0.4, 0.5) is 23.7 Å². The van der Waals surface area contributed by atoms with Crippen molar-refractivity contribution < 1.29 is 36.7 Å². The second-order valence-electron chi connectivity index (χ2n) is 10.9. The van der Waals surface area contributed by atoms with Gasteiger partial charge in [0, 0.05) is 36.3 Å². The average molecular weight is 690 g/mol. The molecule has 264 valence electrons. The lowest BCUT2D eigenvalue weighted by atomic mass is 10.1. The summed E-state index contributed by atoms with van der Waals surface area (Å²) in [5, 5.41) is 27.6. The third-order valence-corrected chi connectivity index (χ3v) is 6.91. The van der Waals surface area contributed by atoms with E-state index in [1.54, 1.807) is 30.3 Å². The van der Waals surface area contributed by atoms with Crippen molar-refractivity contribution in [1.29, 1.82) is 10.8 Å². The van der Waals surface area contributed by atoms with Gasteiger partial charge >= 0.3 is 17.9 Å². The number of benzene rings is 2. The van der Waals surface area contributed by atoms with Crippen LogP contribution < -0.4 is 43.7 Å². The predicted molar refractivity (Wildman–Crippen MR) is 175 cm³/mol. The van der Waals surface area contributed by atoms with E-state index < -0.39 is 48.2 Å². The van der Waals surface area contributed by atoms with Crippen molar-refractivity contribution in [2.75, 3.05) is 18.4 Å². The standard InChI is InChI=1S/C31H38F3N9O6/c32-31(33,34)16-19-14-25(44)49-24-15-20(10-11-21(19)24)41-26(45)22(8-4-12-39-28(35)36)42-27(46)23(9-5-13-40-29(37)38)43-30(47)48-17-18-6-2-1-3-7-18/h1-3,6-7,10-11,14-15,22-23H,4-5,8-9,12-13,16-17H2,(H,41,45)(H,42,46)(H,43,47)(H4,35,36,39)(H4,37,38,40)/t22-,23-/m0/s1. The highest BCUT2D eigenvalue weighted by Gasteiger charge is 2.30. The summed E-state index contributed by atoms with van der Waals surface area (Å²) in [5.41, 5.74) is 9.95. The van der Waals surface area contributed by atoms with E-state index in [-0.39, 0.29) is 79.5 Å². The molecule has 1 aromatic heterocycles. The summed E-state index contributed by atoms with van der Waals surface area (Å²) in [6.07, 6.45) is -6.18. The number of guanidine groups is 2. The molecular formula is C31H38F3N9O6. The molecule has 49 heavy (non-hydrogen) atoms. The van der Waals surface area contributed by atoms with Crippen LogP contribution in [0.15, 0.2) is 63.8 Å². The summed E-state index contributed by atoms with van der Waals surface area (Å²) in [5.74, 6) is -2.05. The predicted octanol–water partition coefficient (Wildman–Crippen LogP) is 2.14. The summed E-state index contributed by atoms with van der Waals surface area (Å²) < 4.78 is 49.6. The lowest BCUT2D eigenvalue weighted by Crippen LogP contribution is -2.53. The number of rotatable bonds is 16. The van der Waals surface area contributed by atoms with Gasteiger partial charge in [0.1, 0.15) is 24.3 Å². The second-order valence-corrected chi connectivity index (χ2v) is 10.9. The molecule has 18 heteroatoms. The Hall–Kier alpha value is -5.81. The van der Waals surface area contributed by atoms with Crippen molar-refractivity contribution >= 4 is 46.5 Å². The summed E-state index contributed by atoms with van der Waals surface area (Å²) in [6.45, 7) is 0.330. The lowest BCUT2D eigenvalue weighted by molar-refractivity contribution is -0.128. The van der Waals surface area contributed by atoms with Crippen LogP contribution in [0.25, 0.3) is 11.0 Å². The molecule has 0 saturated heterocycles. The molecule has 3 rings (SSSR count). The smallest absolute Gasteiger partial charge is 0.408 e. The number of amides is 3. The zero-order valence-electron chi connectivity index (χ0n) is 26.2. The first-order valence-corrected chi connectivity index (χ1v) is 15.1. The molecule has 0 spiro atoms. The van der Waals surface area contributed by atoms with E-state index in [2.05, 4.69) is 26.6 Å². The van der Waals surface area contributed by atoms with E-state index in [0.29, 0.717) is 5.56 Å². The Morgan fingerprint density at radius 1 is 0.857 bits per heavy atom. The van der Waals surface area contributed by atoms with Gasteiger partial charge in [-0.05, 0) is 48.9 Å². The number of carbonyl (C=O) groups excluding carboxylic acids is 3. The third kappa shape index (κ3) is 13.4. The van der Waals surface area contributed by atoms with Crippen molar-refractivity contribution in [3.63, 3.8) is 0 Å². The van der Waals surface area contributed by atoms with Crippen LogP contribution in [-0.4, -0.2) is 61.2 Å². The Bertz CT molecular complexity index is 1680. The molecule has 1 heterocycles. The van der Waals surface area contributed by atoms with Gasteiger partial charge in [-0.25, -0.2) is 9.59 Å². The maximum Gasteiger partial charge on any atom is 0.408 e. The van der Waals surface area contributed by atoms with Crippen LogP contribution in [0.5, 0.6) is 0 Å². The quantitative estimate of drug-likeness (QED) is 0.0459. The van der Waals surface area contributed by atoms with Crippen LogP contribution in [0.1, 0.15) is 36.8 Å². The van der Waals surface area contributed by atoms with Crippen molar-refractivity contribution in [2.45, 2.75) is 57.0 Å². The molecule has 3 amide bonds. The Morgan fingerprint density at radius 3 is 2.06 bits per heavy atom. The summed E-state index contributed by atoms with van der Waals surface area (Å²) in [7, 11) is 0. The fourth-order valence-electron chi connectivity index (χ4n) is 4.67. The summed E-state index contributed by atoms with van der Waals surface area (Å²) >= 11 is 0. The van der Waals surface area contributed by atoms with E-state index in [0.717, 1.165) is 6.07 Å². The minimum Gasteiger partial charge on any atom is -0.445 e. The molecule has 0 radical (unpaired) electrons. The fraction of sp³-hybridized carbons (Fsp3) is 0.355. The van der Waals surface area contributed by atoms with Gasteiger partial charge in [0.2, 0.25) is 11.8 Å². The minimum absolute atomic E-state index is 0.0300. The van der Waals surface area contributed by atoms with Gasteiger partial charge < -0.3 is 47.2 Å². The van der Waals surface area contributed by atoms with Gasteiger partial charge in [-0.15, -0.1) is 0 Å². The number of alkyl carbamates (subject to hydrolysis) is 1. The molecule has 11 N–H and O–H groups in total. The highest BCUT2D eigenvalue weighted by Crippen LogP contribution is 2.27. The molecule has 0 aliphatic carbocycles. The van der Waals surface area contributed by atoms with Crippen molar-refractivity contribution in [3.8, 4) is 0 Å². The Morgan fingerprint density at radius 2 is 1.47 bits per heavy atom. The number of hydrogen-bond acceptors (Lipinski definition) is 8. The highest BCUT2D eigenvalue weighted by atomic mass is 19.4. The van der Waals surface area contributed by atoms with E-state index in [1.807, 2.05) is 0 Å². The van der Waals surface area contributed by atoms with Crippen LogP contribution in [0.2, 0.25) is 0 Å². The highest BCUT2D eigenvalue weighted by molar-refractivity contribution is 5.99. The fourth-order valence-corrected chi connectivity index (χ4v) is 4.67. The number of nitrogens with one attached hydrogen (secondary N) is 7. The first-order valence-electron chi connectivity index (χ1n) is 15.1. The van der Waals surface area contributed by atoms with Crippen molar-refractivity contribution in [2.24, 2.45) is 11.5 Å². The number of alkyl halides is 3. The molecular weight excluding hydrogens is 651 g/mol. The monoisotopic (exact) mass is 689 g/mol. The van der Waals surface area contributed by atoms with Crippen molar-refractivity contribution in [3.05, 3.63) is 76.1 Å². The molecule has 0 bridgehead atoms. The molecule has 3 aromatic rings. The molecule has 0 aliphatic rings. The van der Waals surface area contributed by atoms with Crippen molar-refractivity contribution in [1.82, 2.24) is 21.3 Å².